The van der Waals surface area contributed by atoms with E-state index in [1.165, 1.54) is 66.7 Å². The van der Waals surface area contributed by atoms with Crippen molar-refractivity contribution in [1.29, 1.82) is 0 Å². The molecule has 96 heavy (non-hydrogen) atoms. The standard InChI is InChI=1S/C76H90N2O18/c1-5-8-9-22-27-55(4)93-70-54-68(77)66(53-69(70)78(85)86)56-28-30-57(31-29-56)73(81)94-62-41-37-61(38-42-62)89-50-51-92-75(83)67-52-58(74(82)95-63-39-33-59(34-40-63)87-46-23-18-14-10-12-16-20-25-48-90-71(79)6-2)32-45-65(67)76(84)96-64-43-35-60(36-44-64)88-47-24-19-15-11-13-17-21-26-49-91-72(80)7-3/h6-7,28-45,52-55H,2-3,5,8-27,46-51,77H2,1,4H3/t55-/m0/s1. The summed E-state index contributed by atoms with van der Waals surface area (Å²) in [5.74, 6) is -1.86. The molecule has 0 aliphatic heterocycles. The van der Waals surface area contributed by atoms with Gasteiger partial charge in [-0.05, 0) is 154 Å². The molecule has 0 spiro atoms. The Kier molecular flexibility index (Phi) is 33.1. The molecule has 0 unspecified atom stereocenters. The van der Waals surface area contributed by atoms with Crippen molar-refractivity contribution < 1.29 is 81.1 Å². The predicted molar refractivity (Wildman–Crippen MR) is 365 cm³/mol. The lowest BCUT2D eigenvalue weighted by Gasteiger charge is -2.16. The lowest BCUT2D eigenvalue weighted by Crippen LogP contribution is -2.19. The Morgan fingerprint density at radius 3 is 1.33 bits per heavy atom. The minimum Gasteiger partial charge on any atom is -0.494 e. The fourth-order valence-corrected chi connectivity index (χ4v) is 10.1. The second-order valence-corrected chi connectivity index (χ2v) is 22.9. The molecule has 2 N–H and O–H groups in total. The molecule has 0 amide bonds. The van der Waals surface area contributed by atoms with Crippen LogP contribution in [0.4, 0.5) is 11.4 Å². The average molecular weight is 1320 g/mol. The highest BCUT2D eigenvalue weighted by molar-refractivity contribution is 6.06. The fraction of sp³-hybridized carbons (Fsp3) is 0.395. The highest BCUT2D eigenvalue weighted by atomic mass is 16.6. The number of ether oxygens (including phenoxy) is 10. The van der Waals surface area contributed by atoms with Gasteiger partial charge in [0.2, 0.25) is 0 Å². The number of nitrogens with zero attached hydrogens (tertiary/aromatic N) is 1. The second kappa shape index (κ2) is 42.4. The van der Waals surface area contributed by atoms with E-state index in [9.17, 15) is 38.9 Å². The van der Waals surface area contributed by atoms with Crippen LogP contribution in [0, 0.1) is 10.1 Å². The van der Waals surface area contributed by atoms with Crippen molar-refractivity contribution in [3.63, 3.8) is 0 Å². The van der Waals surface area contributed by atoms with Gasteiger partial charge < -0.3 is 53.1 Å². The minimum absolute atomic E-state index is 0.0485. The minimum atomic E-state index is -0.948. The molecule has 512 valence electrons. The number of nitro groups is 1. The Morgan fingerprint density at radius 2 is 0.865 bits per heavy atom. The zero-order chi connectivity index (χ0) is 68.7. The summed E-state index contributed by atoms with van der Waals surface area (Å²) in [5, 5.41) is 12.1. The van der Waals surface area contributed by atoms with Crippen LogP contribution in [-0.2, 0) is 23.8 Å². The molecule has 0 aliphatic rings. The Hall–Kier alpha value is -9.98. The van der Waals surface area contributed by atoms with E-state index in [1.807, 2.05) is 6.92 Å². The number of esters is 6. The van der Waals surface area contributed by atoms with Crippen LogP contribution in [-0.4, -0.2) is 86.5 Å². The van der Waals surface area contributed by atoms with Gasteiger partial charge in [-0.1, -0.05) is 129 Å². The number of anilines is 1. The third-order valence-corrected chi connectivity index (χ3v) is 15.4. The van der Waals surface area contributed by atoms with E-state index >= 15 is 0 Å². The third-order valence-electron chi connectivity index (χ3n) is 15.4. The number of hydrogen-bond acceptors (Lipinski definition) is 19. The smallest absolute Gasteiger partial charge is 0.344 e. The van der Waals surface area contributed by atoms with Gasteiger partial charge >= 0.3 is 41.5 Å². The van der Waals surface area contributed by atoms with E-state index in [1.54, 1.807) is 72.8 Å². The van der Waals surface area contributed by atoms with Crippen LogP contribution < -0.4 is 38.9 Å². The Morgan fingerprint density at radius 1 is 0.448 bits per heavy atom. The first-order valence-corrected chi connectivity index (χ1v) is 33.2. The largest absolute Gasteiger partial charge is 0.494 e. The van der Waals surface area contributed by atoms with E-state index in [-0.39, 0.29) is 75.9 Å². The lowest BCUT2D eigenvalue weighted by atomic mass is 10.0. The molecule has 6 aromatic carbocycles. The van der Waals surface area contributed by atoms with E-state index < -0.39 is 40.7 Å². The molecule has 20 heteroatoms. The number of nitrogen functional groups attached to an aromatic ring is 1. The van der Waals surface area contributed by atoms with Gasteiger partial charge in [-0.15, -0.1) is 0 Å². The van der Waals surface area contributed by atoms with Crippen LogP contribution in [0.25, 0.3) is 11.1 Å². The van der Waals surface area contributed by atoms with E-state index in [2.05, 4.69) is 20.1 Å². The number of nitrogens with two attached hydrogens (primary N) is 1. The predicted octanol–water partition coefficient (Wildman–Crippen LogP) is 16.9. The lowest BCUT2D eigenvalue weighted by molar-refractivity contribution is -0.386. The topological polar surface area (TPSA) is 264 Å². The third kappa shape index (κ3) is 27.2. The summed E-state index contributed by atoms with van der Waals surface area (Å²) in [6.07, 6.45) is 23.3. The van der Waals surface area contributed by atoms with E-state index in [0.717, 1.165) is 135 Å². The monoisotopic (exact) mass is 1320 g/mol. The number of nitro benzene ring substituents is 1. The number of benzene rings is 6. The van der Waals surface area contributed by atoms with Crippen molar-refractivity contribution in [2.75, 3.05) is 45.4 Å². The maximum absolute atomic E-state index is 13.9. The summed E-state index contributed by atoms with van der Waals surface area (Å²) >= 11 is 0. The Balaban J connectivity index is 0.997. The van der Waals surface area contributed by atoms with Gasteiger partial charge in [0.25, 0.3) is 0 Å². The summed E-state index contributed by atoms with van der Waals surface area (Å²) < 4.78 is 56.3. The molecule has 0 saturated carbocycles. The van der Waals surface area contributed by atoms with Crippen LogP contribution in [0.3, 0.4) is 0 Å². The molecule has 0 fully saturated rings. The van der Waals surface area contributed by atoms with Gasteiger partial charge in [0.05, 0.1) is 59.7 Å². The van der Waals surface area contributed by atoms with Crippen LogP contribution in [0.15, 0.2) is 153 Å². The summed E-state index contributed by atoms with van der Waals surface area (Å²) in [4.78, 5) is 88.4. The highest BCUT2D eigenvalue weighted by Crippen LogP contribution is 2.38. The summed E-state index contributed by atoms with van der Waals surface area (Å²) in [7, 11) is 0. The van der Waals surface area contributed by atoms with Crippen molar-refractivity contribution in [1.82, 2.24) is 0 Å². The molecule has 6 aromatic rings. The quantitative estimate of drug-likeness (QED) is 0.00544. The maximum atomic E-state index is 13.9. The van der Waals surface area contributed by atoms with Gasteiger partial charge in [0.1, 0.15) is 47.7 Å². The summed E-state index contributed by atoms with van der Waals surface area (Å²) in [6.45, 7) is 12.3. The van der Waals surface area contributed by atoms with Crippen molar-refractivity contribution in [2.24, 2.45) is 0 Å². The first-order chi connectivity index (χ1) is 46.6. The van der Waals surface area contributed by atoms with Crippen LogP contribution in [0.2, 0.25) is 0 Å². The Labute approximate surface area is 562 Å². The molecular formula is C76H90N2O18. The van der Waals surface area contributed by atoms with Crippen molar-refractivity contribution in [3.05, 3.63) is 185 Å². The SMILES string of the molecule is C=CC(=O)OCCCCCCCCCCOc1ccc(OC(=O)c2ccc(C(=O)Oc3ccc(OCCCCCCCCCCOC(=O)C=C)cc3)c(C(=O)OCCOc3ccc(OC(=O)c4ccc(-c5cc([N+](=O)[O-])c(O[C@@H](C)CCCCCC)cc5N)cc4)cc3)c2)cc1. The molecule has 0 saturated heterocycles. The molecule has 0 radical (unpaired) electrons. The highest BCUT2D eigenvalue weighted by Gasteiger charge is 2.25. The van der Waals surface area contributed by atoms with Crippen molar-refractivity contribution in [2.45, 2.75) is 155 Å². The molecule has 0 aliphatic carbocycles. The first-order valence-electron chi connectivity index (χ1n) is 33.2. The van der Waals surface area contributed by atoms with Gasteiger partial charge in [-0.2, -0.15) is 0 Å². The number of carbonyl (C=O) groups is 6. The second-order valence-electron chi connectivity index (χ2n) is 22.9. The van der Waals surface area contributed by atoms with E-state index in [4.69, 9.17) is 53.1 Å². The normalized spacial score (nSPS) is 11.1. The molecular weight excluding hydrogens is 1230 g/mol. The van der Waals surface area contributed by atoms with Crippen LogP contribution in [0.5, 0.6) is 40.2 Å². The zero-order valence-corrected chi connectivity index (χ0v) is 55.2. The maximum Gasteiger partial charge on any atom is 0.344 e. The van der Waals surface area contributed by atoms with Crippen LogP contribution >= 0.6 is 0 Å². The summed E-state index contributed by atoms with van der Waals surface area (Å²) in [6, 6.07) is 32.2. The molecule has 0 bridgehead atoms. The van der Waals surface area contributed by atoms with E-state index in [0.29, 0.717) is 54.8 Å². The van der Waals surface area contributed by atoms with Crippen molar-refractivity contribution >= 4 is 47.2 Å². The molecule has 6 rings (SSSR count). The van der Waals surface area contributed by atoms with Gasteiger partial charge in [-0.3, -0.25) is 10.1 Å². The number of carbonyl (C=O) groups excluding carboxylic acids is 6. The molecule has 20 nitrogen and oxygen atoms in total. The Bertz CT molecular complexity index is 3440. The average Bonchev–Trinajstić information content (AvgIpc) is 0.821. The number of hydrogen-bond donors (Lipinski definition) is 1. The molecule has 0 aromatic heterocycles. The summed E-state index contributed by atoms with van der Waals surface area (Å²) in [5.41, 5.74) is 7.13. The first kappa shape index (κ1) is 75.1. The zero-order valence-electron chi connectivity index (χ0n) is 55.2. The van der Waals surface area contributed by atoms with Gasteiger partial charge in [-0.25, -0.2) is 28.8 Å². The number of rotatable bonds is 46. The van der Waals surface area contributed by atoms with Gasteiger partial charge in [0.15, 0.2) is 5.75 Å². The van der Waals surface area contributed by atoms with Crippen molar-refractivity contribution in [3.8, 4) is 51.4 Å². The van der Waals surface area contributed by atoms with Gasteiger partial charge in [0, 0.05) is 35.5 Å². The van der Waals surface area contributed by atoms with Crippen LogP contribution in [0.1, 0.15) is 190 Å². The molecule has 0 heterocycles. The molecule has 1 atom stereocenters. The number of unbranched alkanes of at least 4 members (excludes halogenated alkanes) is 17. The fourth-order valence-electron chi connectivity index (χ4n) is 10.1.